The zero-order chi connectivity index (χ0) is 7.78. The van der Waals surface area contributed by atoms with E-state index >= 15 is 0 Å². The van der Waals surface area contributed by atoms with Crippen LogP contribution in [0.2, 0.25) is 0 Å². The van der Waals surface area contributed by atoms with E-state index in [0.29, 0.717) is 0 Å². The molecule has 1 saturated heterocycles. The topological polar surface area (TPSA) is 32.3 Å². The molecule has 1 rings (SSSR count). The molecule has 1 fully saturated rings. The fourth-order valence-corrected chi connectivity index (χ4v) is 0.966. The Morgan fingerprint density at radius 1 is 1.40 bits per heavy atom. The molecule has 0 bridgehead atoms. The van der Waals surface area contributed by atoms with Crippen LogP contribution in [0.25, 0.3) is 0 Å². The summed E-state index contributed by atoms with van der Waals surface area (Å²) in [4.78, 5) is 0. The Bertz CT molecular complexity index is 125. The molecule has 2 N–H and O–H groups in total. The molecule has 0 aromatic heterocycles. The van der Waals surface area contributed by atoms with Crippen LogP contribution in [0.4, 0.5) is 13.2 Å². The lowest BCUT2D eigenvalue weighted by Gasteiger charge is -2.13. The Balaban J connectivity index is 2.45. The van der Waals surface area contributed by atoms with Crippen molar-refractivity contribution in [2.24, 2.45) is 0 Å². The number of hydrogen-bond donors (Lipinski definition) is 2. The molecule has 5 heteroatoms. The minimum Gasteiger partial charge on any atom is -0.392 e. The molecule has 0 amide bonds. The van der Waals surface area contributed by atoms with E-state index in [-0.39, 0.29) is 13.0 Å². The molecule has 10 heavy (non-hydrogen) atoms. The second-order valence-electron chi connectivity index (χ2n) is 2.39. The van der Waals surface area contributed by atoms with Gasteiger partial charge in [0.1, 0.15) is 6.04 Å². The largest absolute Gasteiger partial charge is 0.403 e. The van der Waals surface area contributed by atoms with Crippen LogP contribution in [0.15, 0.2) is 0 Å². The van der Waals surface area contributed by atoms with Crippen molar-refractivity contribution < 1.29 is 18.3 Å². The molecular formula is C5H8F3NO. The molecule has 1 aliphatic rings. The van der Waals surface area contributed by atoms with E-state index in [1.165, 1.54) is 0 Å². The van der Waals surface area contributed by atoms with Crippen molar-refractivity contribution in [3.05, 3.63) is 0 Å². The Hall–Kier alpha value is -0.290. The van der Waals surface area contributed by atoms with E-state index in [1.54, 1.807) is 0 Å². The number of alkyl halides is 3. The highest BCUT2D eigenvalue weighted by molar-refractivity contribution is 4.85. The van der Waals surface area contributed by atoms with Gasteiger partial charge in [-0.05, 0) is 6.42 Å². The summed E-state index contributed by atoms with van der Waals surface area (Å²) in [7, 11) is 0. The third-order valence-corrected chi connectivity index (χ3v) is 1.50. The smallest absolute Gasteiger partial charge is 0.392 e. The summed E-state index contributed by atoms with van der Waals surface area (Å²) in [5.74, 6) is 0. The van der Waals surface area contributed by atoms with Crippen molar-refractivity contribution in [3.63, 3.8) is 0 Å². The highest BCUT2D eigenvalue weighted by Gasteiger charge is 2.43. The molecule has 60 valence electrons. The first-order valence-corrected chi connectivity index (χ1v) is 2.98. The molecule has 0 unspecified atom stereocenters. The van der Waals surface area contributed by atoms with E-state index in [9.17, 15) is 13.2 Å². The number of rotatable bonds is 0. The summed E-state index contributed by atoms with van der Waals surface area (Å²) in [6.45, 7) is 0.0458. The van der Waals surface area contributed by atoms with Gasteiger partial charge in [0, 0.05) is 6.54 Å². The molecule has 2 atom stereocenters. The van der Waals surface area contributed by atoms with Gasteiger partial charge < -0.3 is 10.4 Å². The zero-order valence-corrected chi connectivity index (χ0v) is 5.15. The Labute approximate surface area is 56.0 Å². The number of β-amino-alcohol motifs (C(OH)–C–C–N with tert-alkyl or cyclic N) is 1. The molecule has 0 aromatic carbocycles. The molecule has 0 aromatic rings. The lowest BCUT2D eigenvalue weighted by molar-refractivity contribution is -0.153. The maximum absolute atomic E-state index is 11.8. The molecule has 1 aliphatic heterocycles. The fraction of sp³-hybridized carbons (Fsp3) is 1.00. The third-order valence-electron chi connectivity index (χ3n) is 1.50. The number of hydrogen-bond acceptors (Lipinski definition) is 2. The number of nitrogens with one attached hydrogen (secondary N) is 1. The van der Waals surface area contributed by atoms with Crippen molar-refractivity contribution in [1.82, 2.24) is 5.32 Å². The van der Waals surface area contributed by atoms with E-state index in [2.05, 4.69) is 5.32 Å². The molecule has 1 heterocycles. The van der Waals surface area contributed by atoms with E-state index in [4.69, 9.17) is 5.11 Å². The number of aliphatic hydroxyl groups excluding tert-OH is 1. The van der Waals surface area contributed by atoms with Gasteiger partial charge in [-0.15, -0.1) is 0 Å². The van der Waals surface area contributed by atoms with Crippen molar-refractivity contribution in [3.8, 4) is 0 Å². The maximum atomic E-state index is 11.8. The van der Waals surface area contributed by atoms with Crippen molar-refractivity contribution in [1.29, 1.82) is 0 Å². The maximum Gasteiger partial charge on any atom is 0.403 e. The summed E-state index contributed by atoms with van der Waals surface area (Å²) >= 11 is 0. The van der Waals surface area contributed by atoms with Gasteiger partial charge >= 0.3 is 6.18 Å². The van der Waals surface area contributed by atoms with Crippen molar-refractivity contribution >= 4 is 0 Å². The molecule has 2 nitrogen and oxygen atoms in total. The summed E-state index contributed by atoms with van der Waals surface area (Å²) in [5, 5.41) is 10.9. The predicted molar refractivity (Wildman–Crippen MR) is 28.5 cm³/mol. The predicted octanol–water partition coefficient (Wildman–Crippen LogP) is 0.272. The average Bonchev–Trinajstić information content (AvgIpc) is 2.11. The van der Waals surface area contributed by atoms with Gasteiger partial charge in [-0.2, -0.15) is 13.2 Å². The standard InChI is InChI=1S/C5H8F3NO/c6-5(7,8)4-1-3(10)2-9-4/h3-4,9-10H,1-2H2/t3-,4+/m1/s1. The van der Waals surface area contributed by atoms with Crippen LogP contribution >= 0.6 is 0 Å². The van der Waals surface area contributed by atoms with Gasteiger partial charge in [0.05, 0.1) is 6.10 Å². The lowest BCUT2D eigenvalue weighted by atomic mass is 10.2. The monoisotopic (exact) mass is 155 g/mol. The van der Waals surface area contributed by atoms with Gasteiger partial charge in [-0.25, -0.2) is 0 Å². The Morgan fingerprint density at radius 2 is 2.00 bits per heavy atom. The van der Waals surface area contributed by atoms with Crippen LogP contribution in [0, 0.1) is 0 Å². The first-order valence-electron chi connectivity index (χ1n) is 2.98. The molecule has 0 aliphatic carbocycles. The van der Waals surface area contributed by atoms with Gasteiger partial charge in [0.25, 0.3) is 0 Å². The molecule has 0 radical (unpaired) electrons. The second kappa shape index (κ2) is 2.39. The number of aliphatic hydroxyl groups is 1. The quantitative estimate of drug-likeness (QED) is 0.526. The van der Waals surface area contributed by atoms with E-state index in [1.807, 2.05) is 0 Å². The highest BCUT2D eigenvalue weighted by atomic mass is 19.4. The van der Waals surface area contributed by atoms with Crippen LogP contribution in [-0.4, -0.2) is 30.0 Å². The van der Waals surface area contributed by atoms with Gasteiger partial charge in [-0.3, -0.25) is 0 Å². The summed E-state index contributed by atoms with van der Waals surface area (Å²) in [6, 6.07) is -1.51. The summed E-state index contributed by atoms with van der Waals surface area (Å²) in [5.41, 5.74) is 0. The summed E-state index contributed by atoms with van der Waals surface area (Å²) in [6.07, 6.45) is -5.27. The molecular weight excluding hydrogens is 147 g/mol. The molecule has 0 spiro atoms. The fourth-order valence-electron chi connectivity index (χ4n) is 0.966. The van der Waals surface area contributed by atoms with Crippen LogP contribution in [0.3, 0.4) is 0 Å². The van der Waals surface area contributed by atoms with Gasteiger partial charge in [0.15, 0.2) is 0 Å². The van der Waals surface area contributed by atoms with Crippen LogP contribution in [-0.2, 0) is 0 Å². The number of halogens is 3. The minimum absolute atomic E-state index is 0.0458. The third kappa shape index (κ3) is 1.60. The lowest BCUT2D eigenvalue weighted by Crippen LogP contribution is -2.36. The van der Waals surface area contributed by atoms with E-state index < -0.39 is 18.3 Å². The van der Waals surface area contributed by atoms with Crippen LogP contribution in [0.1, 0.15) is 6.42 Å². The Morgan fingerprint density at radius 3 is 2.20 bits per heavy atom. The highest BCUT2D eigenvalue weighted by Crippen LogP contribution is 2.26. The second-order valence-corrected chi connectivity index (χ2v) is 2.39. The average molecular weight is 155 g/mol. The SMILES string of the molecule is O[C@H]1CN[C@H](C(F)(F)F)C1. The minimum atomic E-state index is -4.21. The van der Waals surface area contributed by atoms with Gasteiger partial charge in [0.2, 0.25) is 0 Å². The molecule has 0 saturated carbocycles. The summed E-state index contributed by atoms with van der Waals surface area (Å²) < 4.78 is 35.3. The zero-order valence-electron chi connectivity index (χ0n) is 5.15. The normalized spacial score (nSPS) is 34.8. The van der Waals surface area contributed by atoms with Crippen molar-refractivity contribution in [2.75, 3.05) is 6.54 Å². The first kappa shape index (κ1) is 7.81. The Kier molecular flexibility index (Phi) is 1.87. The van der Waals surface area contributed by atoms with Crippen LogP contribution in [0.5, 0.6) is 0 Å². The van der Waals surface area contributed by atoms with Crippen molar-refractivity contribution in [2.45, 2.75) is 24.7 Å². The first-order chi connectivity index (χ1) is 4.50. The van der Waals surface area contributed by atoms with E-state index in [0.717, 1.165) is 0 Å². The van der Waals surface area contributed by atoms with Crippen LogP contribution < -0.4 is 5.32 Å². The van der Waals surface area contributed by atoms with Gasteiger partial charge in [-0.1, -0.05) is 0 Å².